The second-order valence-corrected chi connectivity index (χ2v) is 5.05. The highest BCUT2D eigenvalue weighted by Crippen LogP contribution is 2.29. The van der Waals surface area contributed by atoms with Crippen LogP contribution in [0.4, 0.5) is 16.3 Å². The minimum atomic E-state index is -1.24. The normalized spacial score (nSPS) is 22.2. The number of rotatable bonds is 4. The highest BCUT2D eigenvalue weighted by molar-refractivity contribution is 5.63. The molecule has 2 unspecified atom stereocenters. The number of hydrogen-bond acceptors (Lipinski definition) is 7. The second-order valence-electron chi connectivity index (χ2n) is 5.05. The van der Waals surface area contributed by atoms with Crippen molar-refractivity contribution in [3.05, 3.63) is 16.3 Å². The Morgan fingerprint density at radius 2 is 2.18 bits per heavy atom. The number of aliphatic hydroxyl groups is 1. The van der Waals surface area contributed by atoms with E-state index in [-0.39, 0.29) is 5.69 Å². The molecule has 2 rings (SSSR count). The maximum atomic E-state index is 11.1. The lowest BCUT2D eigenvalue weighted by Crippen LogP contribution is -2.49. The van der Waals surface area contributed by atoms with Gasteiger partial charge in [0.05, 0.1) is 17.1 Å². The highest BCUT2D eigenvalue weighted by atomic mass is 16.6. The lowest BCUT2D eigenvalue weighted by atomic mass is 10.1. The van der Waals surface area contributed by atoms with Gasteiger partial charge in [0, 0.05) is 20.1 Å². The van der Waals surface area contributed by atoms with Crippen LogP contribution in [-0.2, 0) is 7.05 Å². The number of carbonyl (C=O) groups is 1. The van der Waals surface area contributed by atoms with Crippen molar-refractivity contribution in [1.29, 1.82) is 0 Å². The Morgan fingerprint density at radius 1 is 1.50 bits per heavy atom. The number of carboxylic acid groups (broad SMARTS) is 1. The minimum Gasteiger partial charge on any atom is -0.464 e. The lowest BCUT2D eigenvalue weighted by Gasteiger charge is -2.21. The largest absolute Gasteiger partial charge is 0.464 e. The van der Waals surface area contributed by atoms with Gasteiger partial charge < -0.3 is 15.1 Å². The summed E-state index contributed by atoms with van der Waals surface area (Å²) in [6.07, 6.45) is -0.0385. The maximum Gasteiger partial charge on any atom is 0.419 e. The predicted molar refractivity (Wildman–Crippen MR) is 75.4 cm³/mol. The fourth-order valence-corrected chi connectivity index (χ4v) is 2.54. The molecule has 0 radical (unpaired) electrons. The van der Waals surface area contributed by atoms with Gasteiger partial charge in [-0.25, -0.2) is 14.9 Å². The van der Waals surface area contributed by atoms with Crippen molar-refractivity contribution >= 4 is 17.6 Å². The lowest BCUT2D eigenvalue weighted by molar-refractivity contribution is -0.384. The van der Waals surface area contributed by atoms with Crippen LogP contribution in [0.5, 0.6) is 0 Å². The molecule has 1 aromatic heterocycles. The van der Waals surface area contributed by atoms with Crippen LogP contribution in [0, 0.1) is 10.1 Å². The molecule has 1 aliphatic heterocycles. The SMILES string of the molecule is Cn1ncc([N+](=O)[O-])c1N1CCC(O)C(NNC(=O)O)CC1. The van der Waals surface area contributed by atoms with Gasteiger partial charge in [0.2, 0.25) is 5.82 Å². The average molecular weight is 314 g/mol. The molecule has 1 saturated heterocycles. The van der Waals surface area contributed by atoms with Crippen LogP contribution >= 0.6 is 0 Å². The van der Waals surface area contributed by atoms with Crippen molar-refractivity contribution in [2.75, 3.05) is 18.0 Å². The molecule has 2 atom stereocenters. The van der Waals surface area contributed by atoms with E-state index in [1.807, 2.05) is 5.43 Å². The third-order valence-electron chi connectivity index (χ3n) is 3.62. The van der Waals surface area contributed by atoms with E-state index in [1.165, 1.54) is 10.9 Å². The Morgan fingerprint density at radius 3 is 2.82 bits per heavy atom. The van der Waals surface area contributed by atoms with E-state index in [1.54, 1.807) is 11.9 Å². The van der Waals surface area contributed by atoms with Crippen LogP contribution in [0.3, 0.4) is 0 Å². The van der Waals surface area contributed by atoms with Gasteiger partial charge >= 0.3 is 11.8 Å². The summed E-state index contributed by atoms with van der Waals surface area (Å²) in [5, 5.41) is 33.6. The zero-order valence-electron chi connectivity index (χ0n) is 12.0. The highest BCUT2D eigenvalue weighted by Gasteiger charge is 2.30. The molecule has 1 fully saturated rings. The number of nitrogens with one attached hydrogen (secondary N) is 2. The number of nitro groups is 1. The Bertz CT molecular complexity index is 561. The molecule has 0 aromatic carbocycles. The van der Waals surface area contributed by atoms with Gasteiger partial charge in [-0.2, -0.15) is 5.10 Å². The third kappa shape index (κ3) is 3.43. The minimum absolute atomic E-state index is 0.0907. The van der Waals surface area contributed by atoms with Crippen molar-refractivity contribution in [1.82, 2.24) is 20.6 Å². The molecule has 0 bridgehead atoms. The number of nitrogens with zero attached hydrogens (tertiary/aromatic N) is 4. The number of aliphatic hydroxyl groups excluding tert-OH is 1. The van der Waals surface area contributed by atoms with Crippen LogP contribution in [0.15, 0.2) is 6.20 Å². The molecule has 0 spiro atoms. The van der Waals surface area contributed by atoms with Crippen molar-refractivity contribution in [2.45, 2.75) is 25.0 Å². The fraction of sp³-hybridized carbons (Fsp3) is 0.636. The molecule has 11 heteroatoms. The van der Waals surface area contributed by atoms with E-state index in [0.29, 0.717) is 31.7 Å². The summed E-state index contributed by atoms with van der Waals surface area (Å²) in [5.41, 5.74) is 4.48. The monoisotopic (exact) mass is 314 g/mol. The number of hydrogen-bond donors (Lipinski definition) is 4. The molecule has 4 N–H and O–H groups in total. The van der Waals surface area contributed by atoms with Gasteiger partial charge in [0.1, 0.15) is 6.20 Å². The smallest absolute Gasteiger partial charge is 0.419 e. The molecule has 0 saturated carbocycles. The van der Waals surface area contributed by atoms with E-state index >= 15 is 0 Å². The topological polar surface area (TPSA) is 146 Å². The zero-order valence-corrected chi connectivity index (χ0v) is 12.0. The molecule has 1 aliphatic rings. The van der Waals surface area contributed by atoms with E-state index in [0.717, 1.165) is 0 Å². The van der Waals surface area contributed by atoms with Crippen LogP contribution in [0.25, 0.3) is 0 Å². The van der Waals surface area contributed by atoms with Gasteiger partial charge in [-0.3, -0.25) is 15.5 Å². The number of anilines is 1. The zero-order chi connectivity index (χ0) is 16.3. The fourth-order valence-electron chi connectivity index (χ4n) is 2.54. The second kappa shape index (κ2) is 6.58. The average Bonchev–Trinajstić information content (AvgIpc) is 2.73. The first-order valence-electron chi connectivity index (χ1n) is 6.74. The summed E-state index contributed by atoms with van der Waals surface area (Å²) in [7, 11) is 1.62. The van der Waals surface area contributed by atoms with E-state index in [4.69, 9.17) is 5.11 Å². The molecule has 22 heavy (non-hydrogen) atoms. The van der Waals surface area contributed by atoms with Crippen molar-refractivity contribution in [3.8, 4) is 0 Å². The van der Waals surface area contributed by atoms with E-state index in [9.17, 15) is 20.0 Å². The summed E-state index contributed by atoms with van der Waals surface area (Å²) in [5.74, 6) is 0.379. The summed E-state index contributed by atoms with van der Waals surface area (Å²) >= 11 is 0. The van der Waals surface area contributed by atoms with Crippen molar-refractivity contribution in [2.24, 2.45) is 7.05 Å². The molecule has 1 amide bonds. The summed E-state index contributed by atoms with van der Waals surface area (Å²) in [4.78, 5) is 22.8. The molecule has 2 heterocycles. The number of aryl methyl sites for hydroxylation is 1. The maximum absolute atomic E-state index is 11.1. The first-order valence-corrected chi connectivity index (χ1v) is 6.74. The van der Waals surface area contributed by atoms with E-state index in [2.05, 4.69) is 10.5 Å². The Hall–Kier alpha value is -2.40. The van der Waals surface area contributed by atoms with Gasteiger partial charge in [-0.1, -0.05) is 0 Å². The van der Waals surface area contributed by atoms with Crippen LogP contribution < -0.4 is 15.8 Å². The van der Waals surface area contributed by atoms with Gasteiger partial charge in [0.15, 0.2) is 0 Å². The quantitative estimate of drug-likeness (QED) is 0.427. The number of amides is 1. The molecular weight excluding hydrogens is 296 g/mol. The summed E-state index contributed by atoms with van der Waals surface area (Å²) in [6, 6.07) is -0.464. The van der Waals surface area contributed by atoms with Gasteiger partial charge in [0.25, 0.3) is 0 Å². The summed E-state index contributed by atoms with van der Waals surface area (Å²) in [6.45, 7) is 0.836. The molecular formula is C11H18N6O5. The first kappa shape index (κ1) is 16.0. The van der Waals surface area contributed by atoms with Gasteiger partial charge in [-0.05, 0) is 12.8 Å². The molecule has 1 aromatic rings. The summed E-state index contributed by atoms with van der Waals surface area (Å²) < 4.78 is 1.42. The molecule has 11 nitrogen and oxygen atoms in total. The van der Waals surface area contributed by atoms with Crippen LogP contribution in [-0.4, -0.2) is 56.2 Å². The van der Waals surface area contributed by atoms with Crippen molar-refractivity contribution < 1.29 is 19.9 Å². The first-order chi connectivity index (χ1) is 10.4. The van der Waals surface area contributed by atoms with Crippen molar-refractivity contribution in [3.63, 3.8) is 0 Å². The predicted octanol–water partition coefficient (Wildman–Crippen LogP) is -0.570. The number of hydrazine groups is 1. The Kier molecular flexibility index (Phi) is 4.78. The standard InChI is InChI=1S/C11H18N6O5/c1-15-10(8(6-12-15)17(21)22)16-4-2-7(9(18)3-5-16)13-14-11(19)20/h6-7,9,13-14,18H,2-5H2,1H3,(H,19,20). The Balaban J connectivity index is 2.11. The Labute approximate surface area is 125 Å². The van der Waals surface area contributed by atoms with Crippen LogP contribution in [0.2, 0.25) is 0 Å². The molecule has 0 aliphatic carbocycles. The molecule has 122 valence electrons. The van der Waals surface area contributed by atoms with Gasteiger partial charge in [-0.15, -0.1) is 0 Å². The van der Waals surface area contributed by atoms with Crippen LogP contribution in [0.1, 0.15) is 12.8 Å². The third-order valence-corrected chi connectivity index (χ3v) is 3.62. The number of aromatic nitrogens is 2. The van der Waals surface area contributed by atoms with E-state index < -0.39 is 23.2 Å².